The normalized spacial score (nSPS) is 19.1. The Hall–Kier alpha value is -2.19. The molecule has 1 aliphatic heterocycles. The Morgan fingerprint density at radius 2 is 2.08 bits per heavy atom. The lowest BCUT2D eigenvalue weighted by molar-refractivity contribution is -0.120. The third-order valence-corrected chi connectivity index (χ3v) is 5.92. The average Bonchev–Trinajstić information content (AvgIpc) is 3.08. The van der Waals surface area contributed by atoms with Crippen molar-refractivity contribution in [1.29, 1.82) is 0 Å². The second-order valence-electron chi connectivity index (χ2n) is 5.90. The number of amides is 1. The minimum atomic E-state index is -3.43. The minimum absolute atomic E-state index is 0.0390. The molecule has 0 saturated carbocycles. The van der Waals surface area contributed by atoms with Crippen LogP contribution in [-0.4, -0.2) is 41.9 Å². The molecule has 8 heteroatoms. The van der Waals surface area contributed by atoms with Crippen molar-refractivity contribution in [2.75, 3.05) is 18.4 Å². The van der Waals surface area contributed by atoms with Crippen LogP contribution in [0.2, 0.25) is 0 Å². The molecule has 1 aliphatic rings. The number of rotatable bonds is 5. The third kappa shape index (κ3) is 4.01. The van der Waals surface area contributed by atoms with E-state index in [1.54, 1.807) is 24.4 Å². The Balaban J connectivity index is 1.65. The highest BCUT2D eigenvalue weighted by Crippen LogP contribution is 2.22. The summed E-state index contributed by atoms with van der Waals surface area (Å²) < 4.78 is 26.7. The van der Waals surface area contributed by atoms with E-state index in [1.807, 2.05) is 18.2 Å². The Morgan fingerprint density at radius 3 is 2.79 bits per heavy atom. The van der Waals surface area contributed by atoms with Crippen LogP contribution in [-0.2, 0) is 20.6 Å². The summed E-state index contributed by atoms with van der Waals surface area (Å²) in [5.41, 5.74) is 0.751. The number of hydrogen-bond donors (Lipinski definition) is 2. The first-order valence-electron chi connectivity index (χ1n) is 7.86. The van der Waals surface area contributed by atoms with Gasteiger partial charge in [0.05, 0.1) is 17.9 Å². The lowest BCUT2D eigenvalue weighted by Crippen LogP contribution is -2.44. The summed E-state index contributed by atoms with van der Waals surface area (Å²) in [6.07, 6.45) is 2.90. The van der Waals surface area contributed by atoms with Gasteiger partial charge in [0.1, 0.15) is 5.82 Å². The SMILES string of the molecule is O=C(Nc1ccn[nH]1)[C@@H]1CCCN(S(=O)(=O)Cc2ccccc2)C1. The van der Waals surface area contributed by atoms with Gasteiger partial charge >= 0.3 is 0 Å². The highest BCUT2D eigenvalue weighted by Gasteiger charge is 2.32. The number of benzene rings is 1. The second kappa shape index (κ2) is 7.14. The maximum atomic E-state index is 12.6. The van der Waals surface area contributed by atoms with Gasteiger partial charge in [-0.3, -0.25) is 9.89 Å². The standard InChI is InChI=1S/C16H20N4O3S/c21-16(18-15-8-9-17-19-15)14-7-4-10-20(11-14)24(22,23)12-13-5-2-1-3-6-13/h1-3,5-6,8-9,14H,4,7,10-12H2,(H2,17,18,19,21)/t14-/m1/s1. The average molecular weight is 348 g/mol. The highest BCUT2D eigenvalue weighted by molar-refractivity contribution is 7.88. The minimum Gasteiger partial charge on any atom is -0.311 e. The highest BCUT2D eigenvalue weighted by atomic mass is 32.2. The molecule has 24 heavy (non-hydrogen) atoms. The number of H-pyrrole nitrogens is 1. The Morgan fingerprint density at radius 1 is 1.29 bits per heavy atom. The van der Waals surface area contributed by atoms with E-state index in [1.165, 1.54) is 4.31 Å². The molecule has 1 atom stereocenters. The molecule has 2 aromatic rings. The molecule has 1 aromatic heterocycles. The monoisotopic (exact) mass is 348 g/mol. The summed E-state index contributed by atoms with van der Waals surface area (Å²) in [5.74, 6) is -0.0568. The first kappa shape index (κ1) is 16.7. The number of carbonyl (C=O) groups excluding carboxylic acids is 1. The lowest BCUT2D eigenvalue weighted by atomic mass is 9.99. The molecule has 0 aliphatic carbocycles. The Labute approximate surface area is 141 Å². The van der Waals surface area contributed by atoms with E-state index in [9.17, 15) is 13.2 Å². The number of nitrogens with zero attached hydrogens (tertiary/aromatic N) is 2. The van der Waals surface area contributed by atoms with E-state index in [0.29, 0.717) is 25.2 Å². The lowest BCUT2D eigenvalue weighted by Gasteiger charge is -2.31. The summed E-state index contributed by atoms with van der Waals surface area (Å²) in [7, 11) is -3.43. The number of nitrogens with one attached hydrogen (secondary N) is 2. The number of aromatic nitrogens is 2. The Kier molecular flexibility index (Phi) is 4.96. The Bertz CT molecular complexity index is 775. The van der Waals surface area contributed by atoms with E-state index in [0.717, 1.165) is 5.56 Å². The van der Waals surface area contributed by atoms with E-state index in [-0.39, 0.29) is 24.1 Å². The molecule has 0 spiro atoms. The van der Waals surface area contributed by atoms with Crippen LogP contribution >= 0.6 is 0 Å². The summed E-state index contributed by atoms with van der Waals surface area (Å²) >= 11 is 0. The maximum Gasteiger partial charge on any atom is 0.229 e. The third-order valence-electron chi connectivity index (χ3n) is 4.10. The van der Waals surface area contributed by atoms with E-state index < -0.39 is 10.0 Å². The predicted octanol–water partition coefficient (Wildman–Crippen LogP) is 1.59. The molecule has 0 unspecified atom stereocenters. The van der Waals surface area contributed by atoms with Gasteiger partial charge in [0, 0.05) is 19.2 Å². The van der Waals surface area contributed by atoms with Crippen molar-refractivity contribution in [2.45, 2.75) is 18.6 Å². The van der Waals surface area contributed by atoms with Gasteiger partial charge in [0.2, 0.25) is 15.9 Å². The molecule has 2 N–H and O–H groups in total. The van der Waals surface area contributed by atoms with Crippen LogP contribution in [0.15, 0.2) is 42.6 Å². The van der Waals surface area contributed by atoms with Gasteiger partial charge in [-0.05, 0) is 18.4 Å². The first-order chi connectivity index (χ1) is 11.5. The van der Waals surface area contributed by atoms with Crippen molar-refractivity contribution in [3.05, 3.63) is 48.2 Å². The maximum absolute atomic E-state index is 12.6. The number of aromatic amines is 1. The quantitative estimate of drug-likeness (QED) is 0.858. The van der Waals surface area contributed by atoms with E-state index in [2.05, 4.69) is 15.5 Å². The van der Waals surface area contributed by atoms with Gasteiger partial charge in [0.25, 0.3) is 0 Å². The second-order valence-corrected chi connectivity index (χ2v) is 7.87. The molecular weight excluding hydrogens is 328 g/mol. The van der Waals surface area contributed by atoms with Gasteiger partial charge < -0.3 is 5.32 Å². The molecule has 128 valence electrons. The summed E-state index contributed by atoms with van der Waals surface area (Å²) in [4.78, 5) is 12.3. The van der Waals surface area contributed by atoms with Gasteiger partial charge in [-0.15, -0.1) is 0 Å². The van der Waals surface area contributed by atoms with Crippen LogP contribution < -0.4 is 5.32 Å². The van der Waals surface area contributed by atoms with Gasteiger partial charge in [0.15, 0.2) is 0 Å². The molecule has 0 bridgehead atoms. The van der Waals surface area contributed by atoms with Gasteiger partial charge in [-0.25, -0.2) is 12.7 Å². The van der Waals surface area contributed by atoms with Crippen LogP contribution in [0.25, 0.3) is 0 Å². The summed E-state index contributed by atoms with van der Waals surface area (Å²) in [5, 5.41) is 9.18. The number of anilines is 1. The number of hydrogen-bond acceptors (Lipinski definition) is 4. The molecule has 3 rings (SSSR count). The molecular formula is C16H20N4O3S. The smallest absolute Gasteiger partial charge is 0.229 e. The van der Waals surface area contributed by atoms with Gasteiger partial charge in [-0.2, -0.15) is 5.10 Å². The van der Waals surface area contributed by atoms with E-state index in [4.69, 9.17) is 0 Å². The van der Waals surface area contributed by atoms with Crippen LogP contribution in [0, 0.1) is 5.92 Å². The van der Waals surface area contributed by atoms with E-state index >= 15 is 0 Å². The first-order valence-corrected chi connectivity index (χ1v) is 9.47. The number of carbonyl (C=O) groups is 1. The fourth-order valence-corrected chi connectivity index (χ4v) is 4.46. The zero-order valence-electron chi connectivity index (χ0n) is 13.2. The van der Waals surface area contributed by atoms with Crippen LogP contribution in [0.3, 0.4) is 0 Å². The van der Waals surface area contributed by atoms with Crippen molar-refractivity contribution in [3.8, 4) is 0 Å². The molecule has 7 nitrogen and oxygen atoms in total. The number of sulfonamides is 1. The van der Waals surface area contributed by atoms with Crippen molar-refractivity contribution in [1.82, 2.24) is 14.5 Å². The van der Waals surface area contributed by atoms with Gasteiger partial charge in [-0.1, -0.05) is 30.3 Å². The fraction of sp³-hybridized carbons (Fsp3) is 0.375. The zero-order chi connectivity index (χ0) is 17.0. The molecule has 1 saturated heterocycles. The summed E-state index contributed by atoms with van der Waals surface area (Å²) in [6, 6.07) is 10.7. The molecule has 2 heterocycles. The fourth-order valence-electron chi connectivity index (χ4n) is 2.85. The largest absolute Gasteiger partial charge is 0.311 e. The van der Waals surface area contributed by atoms with Crippen LogP contribution in [0.4, 0.5) is 5.82 Å². The molecule has 0 radical (unpaired) electrons. The molecule has 1 amide bonds. The number of piperidine rings is 1. The molecule has 1 aromatic carbocycles. The van der Waals surface area contributed by atoms with Crippen molar-refractivity contribution >= 4 is 21.7 Å². The summed E-state index contributed by atoms with van der Waals surface area (Å²) in [6.45, 7) is 0.679. The zero-order valence-corrected chi connectivity index (χ0v) is 14.0. The van der Waals surface area contributed by atoms with Crippen molar-refractivity contribution < 1.29 is 13.2 Å². The van der Waals surface area contributed by atoms with Crippen molar-refractivity contribution in [3.63, 3.8) is 0 Å². The molecule has 1 fully saturated rings. The predicted molar refractivity (Wildman–Crippen MR) is 90.6 cm³/mol. The van der Waals surface area contributed by atoms with Crippen LogP contribution in [0.1, 0.15) is 18.4 Å². The topological polar surface area (TPSA) is 95.2 Å². The van der Waals surface area contributed by atoms with Crippen molar-refractivity contribution in [2.24, 2.45) is 5.92 Å². The van der Waals surface area contributed by atoms with Crippen LogP contribution in [0.5, 0.6) is 0 Å².